The number of benzene rings is 1. The van der Waals surface area contributed by atoms with Crippen molar-refractivity contribution in [3.05, 3.63) is 52.7 Å². The second-order valence-corrected chi connectivity index (χ2v) is 6.59. The lowest BCUT2D eigenvalue weighted by atomic mass is 10.1. The van der Waals surface area contributed by atoms with E-state index in [1.54, 1.807) is 26.1 Å². The number of aromatic nitrogens is 4. The molecular weight excluding hydrogens is 346 g/mol. The molecular formula is C19H23N5O3. The quantitative estimate of drug-likeness (QED) is 0.653. The van der Waals surface area contributed by atoms with Gasteiger partial charge >= 0.3 is 0 Å². The van der Waals surface area contributed by atoms with Gasteiger partial charge in [-0.2, -0.15) is 5.10 Å². The summed E-state index contributed by atoms with van der Waals surface area (Å²) in [6.07, 6.45) is 3.58. The third kappa shape index (κ3) is 3.84. The van der Waals surface area contributed by atoms with E-state index in [1.807, 2.05) is 31.2 Å². The van der Waals surface area contributed by atoms with Gasteiger partial charge in [0, 0.05) is 20.1 Å². The van der Waals surface area contributed by atoms with Crippen LogP contribution < -0.4 is 10.3 Å². The fraction of sp³-hybridized carbons (Fsp3) is 0.368. The molecule has 27 heavy (non-hydrogen) atoms. The van der Waals surface area contributed by atoms with E-state index in [1.165, 1.54) is 21.8 Å². The van der Waals surface area contributed by atoms with Crippen molar-refractivity contribution in [1.29, 1.82) is 0 Å². The maximum Gasteiger partial charge on any atom is 0.264 e. The van der Waals surface area contributed by atoms with Crippen LogP contribution in [0.3, 0.4) is 0 Å². The van der Waals surface area contributed by atoms with Gasteiger partial charge in [-0.15, -0.1) is 0 Å². The molecule has 2 aromatic heterocycles. The molecule has 1 atom stereocenters. The number of rotatable bonds is 6. The zero-order valence-corrected chi connectivity index (χ0v) is 15.9. The lowest BCUT2D eigenvalue weighted by molar-refractivity contribution is -0.132. The normalized spacial score (nSPS) is 12.1. The molecule has 0 bridgehead atoms. The van der Waals surface area contributed by atoms with Crippen molar-refractivity contribution in [3.8, 4) is 5.75 Å². The first-order valence-electron chi connectivity index (χ1n) is 8.66. The van der Waals surface area contributed by atoms with Gasteiger partial charge in [-0.05, 0) is 31.0 Å². The average Bonchev–Trinajstić information content (AvgIpc) is 3.05. The van der Waals surface area contributed by atoms with Crippen LogP contribution in [0.15, 0.2) is 41.6 Å². The van der Waals surface area contributed by atoms with E-state index >= 15 is 0 Å². The first kappa shape index (κ1) is 18.6. The molecule has 2 heterocycles. The number of fused-ring (bicyclic) bond motifs is 1. The Morgan fingerprint density at radius 3 is 2.67 bits per heavy atom. The third-order valence-corrected chi connectivity index (χ3v) is 4.77. The van der Waals surface area contributed by atoms with Crippen LogP contribution >= 0.6 is 0 Å². The first-order chi connectivity index (χ1) is 12.9. The van der Waals surface area contributed by atoms with E-state index in [-0.39, 0.29) is 24.1 Å². The minimum atomic E-state index is -0.266. The maximum atomic E-state index is 12.6. The van der Waals surface area contributed by atoms with Crippen molar-refractivity contribution in [1.82, 2.24) is 24.2 Å². The van der Waals surface area contributed by atoms with Crippen molar-refractivity contribution in [2.75, 3.05) is 14.2 Å². The number of likely N-dealkylation sites (N-methyl/N-ethyl adjacent to an activating group) is 1. The van der Waals surface area contributed by atoms with E-state index in [9.17, 15) is 9.59 Å². The Labute approximate surface area is 157 Å². The van der Waals surface area contributed by atoms with Gasteiger partial charge in [0.2, 0.25) is 5.91 Å². The van der Waals surface area contributed by atoms with Crippen LogP contribution in [0.25, 0.3) is 11.0 Å². The van der Waals surface area contributed by atoms with Gasteiger partial charge in [-0.25, -0.2) is 4.98 Å². The Hall–Kier alpha value is -3.16. The molecule has 142 valence electrons. The molecule has 0 aliphatic heterocycles. The van der Waals surface area contributed by atoms with Crippen LogP contribution in [0.2, 0.25) is 0 Å². The molecule has 3 rings (SSSR count). The topological polar surface area (TPSA) is 82.2 Å². The van der Waals surface area contributed by atoms with Gasteiger partial charge in [-0.1, -0.05) is 12.1 Å². The molecule has 0 unspecified atom stereocenters. The maximum absolute atomic E-state index is 12.6. The molecule has 0 N–H and O–H groups in total. The van der Waals surface area contributed by atoms with Crippen LogP contribution in [0.4, 0.5) is 0 Å². The van der Waals surface area contributed by atoms with Crippen molar-refractivity contribution in [3.63, 3.8) is 0 Å². The lowest BCUT2D eigenvalue weighted by Gasteiger charge is -2.25. The Kier molecular flexibility index (Phi) is 5.25. The molecule has 0 aliphatic rings. The van der Waals surface area contributed by atoms with E-state index in [2.05, 4.69) is 10.1 Å². The largest absolute Gasteiger partial charge is 0.497 e. The molecule has 0 radical (unpaired) electrons. The Morgan fingerprint density at radius 2 is 2.00 bits per heavy atom. The van der Waals surface area contributed by atoms with Gasteiger partial charge < -0.3 is 9.64 Å². The van der Waals surface area contributed by atoms with Crippen LogP contribution in [0, 0.1) is 0 Å². The van der Waals surface area contributed by atoms with E-state index in [4.69, 9.17) is 4.74 Å². The van der Waals surface area contributed by atoms with Crippen LogP contribution in [0.5, 0.6) is 5.75 Å². The molecule has 1 aromatic carbocycles. The highest BCUT2D eigenvalue weighted by Gasteiger charge is 2.18. The van der Waals surface area contributed by atoms with Crippen molar-refractivity contribution < 1.29 is 9.53 Å². The highest BCUT2D eigenvalue weighted by atomic mass is 16.5. The Balaban J connectivity index is 1.69. The number of amides is 1. The monoisotopic (exact) mass is 369 g/mol. The minimum absolute atomic E-state index is 0.0170. The molecule has 1 amide bonds. The fourth-order valence-corrected chi connectivity index (χ4v) is 2.92. The van der Waals surface area contributed by atoms with Crippen LogP contribution in [-0.4, -0.2) is 50.3 Å². The van der Waals surface area contributed by atoms with Gasteiger partial charge in [0.15, 0.2) is 5.65 Å². The SMILES string of the molecule is COc1ccc(C[C@H](C)N(C)C(=O)Cn2cnc3c(cnn3C)c2=O)cc1. The molecule has 8 heteroatoms. The highest BCUT2D eigenvalue weighted by molar-refractivity contribution is 5.77. The number of hydrogen-bond donors (Lipinski definition) is 0. The number of methoxy groups -OCH3 is 1. The average molecular weight is 369 g/mol. The van der Waals surface area contributed by atoms with Gasteiger partial charge in [0.25, 0.3) is 5.56 Å². The smallest absolute Gasteiger partial charge is 0.264 e. The standard InChI is InChI=1S/C19H23N5O3/c1-13(9-14-5-7-15(27-4)8-6-14)22(2)17(25)11-24-12-20-18-16(19(24)26)10-21-23(18)3/h5-8,10,12-13H,9,11H2,1-4H3/t13-/m0/s1. The van der Waals surface area contributed by atoms with E-state index < -0.39 is 0 Å². The van der Waals surface area contributed by atoms with Crippen LogP contribution in [0.1, 0.15) is 12.5 Å². The Bertz CT molecular complexity index is 1010. The molecule has 0 fully saturated rings. The first-order valence-corrected chi connectivity index (χ1v) is 8.66. The molecule has 3 aromatic rings. The van der Waals surface area contributed by atoms with E-state index in [0.29, 0.717) is 17.5 Å². The van der Waals surface area contributed by atoms with E-state index in [0.717, 1.165) is 11.3 Å². The number of aryl methyl sites for hydroxylation is 1. The summed E-state index contributed by atoms with van der Waals surface area (Å²) in [4.78, 5) is 31.0. The lowest BCUT2D eigenvalue weighted by Crippen LogP contribution is -2.40. The predicted molar refractivity (Wildman–Crippen MR) is 102 cm³/mol. The van der Waals surface area contributed by atoms with Gasteiger partial charge in [-0.3, -0.25) is 18.8 Å². The van der Waals surface area contributed by atoms with Gasteiger partial charge in [0.05, 0.1) is 13.3 Å². The number of carbonyl (C=O) groups excluding carboxylic acids is 1. The minimum Gasteiger partial charge on any atom is -0.497 e. The number of nitrogens with zero attached hydrogens (tertiary/aromatic N) is 5. The summed E-state index contributed by atoms with van der Waals surface area (Å²) in [5.41, 5.74) is 1.35. The molecule has 0 spiro atoms. The second kappa shape index (κ2) is 7.61. The summed E-state index contributed by atoms with van der Waals surface area (Å²) >= 11 is 0. The highest BCUT2D eigenvalue weighted by Crippen LogP contribution is 2.14. The van der Waals surface area contributed by atoms with Crippen molar-refractivity contribution in [2.24, 2.45) is 7.05 Å². The van der Waals surface area contributed by atoms with Crippen molar-refractivity contribution in [2.45, 2.75) is 25.9 Å². The molecule has 0 saturated heterocycles. The zero-order chi connectivity index (χ0) is 19.6. The van der Waals surface area contributed by atoms with Gasteiger partial charge in [0.1, 0.15) is 24.0 Å². The third-order valence-electron chi connectivity index (χ3n) is 4.77. The Morgan fingerprint density at radius 1 is 1.30 bits per heavy atom. The predicted octanol–water partition coefficient (Wildman–Crippen LogP) is 1.23. The summed E-state index contributed by atoms with van der Waals surface area (Å²) in [6.45, 7) is 1.92. The summed E-state index contributed by atoms with van der Waals surface area (Å²) in [7, 11) is 5.10. The molecule has 0 aliphatic carbocycles. The molecule has 0 saturated carbocycles. The second-order valence-electron chi connectivity index (χ2n) is 6.59. The summed E-state index contributed by atoms with van der Waals surface area (Å²) in [5.74, 6) is 0.650. The summed E-state index contributed by atoms with van der Waals surface area (Å²) < 4.78 is 8.02. The zero-order valence-electron chi connectivity index (χ0n) is 15.9. The fourth-order valence-electron chi connectivity index (χ4n) is 2.92. The van der Waals surface area contributed by atoms with Crippen molar-refractivity contribution >= 4 is 16.9 Å². The summed E-state index contributed by atoms with van der Waals surface area (Å²) in [5, 5.41) is 4.44. The number of carbonyl (C=O) groups is 1. The van der Waals surface area contributed by atoms with Crippen LogP contribution in [-0.2, 0) is 24.8 Å². The number of ether oxygens (including phenoxy) is 1. The number of hydrogen-bond acceptors (Lipinski definition) is 5. The summed E-state index contributed by atoms with van der Waals surface area (Å²) in [6, 6.07) is 7.75. The molecule has 8 nitrogen and oxygen atoms in total.